The Hall–Kier alpha value is -1.53. The Morgan fingerprint density at radius 1 is 1.26 bits per heavy atom. The lowest BCUT2D eigenvalue weighted by Crippen LogP contribution is -2.44. The fourth-order valence-corrected chi connectivity index (χ4v) is 2.49. The van der Waals surface area contributed by atoms with Crippen molar-refractivity contribution in [2.45, 2.75) is 45.3 Å². The molecule has 102 valence electrons. The third-order valence-corrected chi connectivity index (χ3v) is 8.02. The van der Waals surface area contributed by atoms with Crippen LogP contribution in [-0.4, -0.2) is 8.32 Å². The lowest BCUT2D eigenvalue weighted by Gasteiger charge is -2.37. The molecule has 19 heavy (non-hydrogen) atoms. The molecule has 0 aliphatic heterocycles. The predicted molar refractivity (Wildman–Crippen MR) is 82.7 cm³/mol. The molecule has 0 aromatic heterocycles. The predicted octanol–water partition coefficient (Wildman–Crippen LogP) is 4.69. The van der Waals surface area contributed by atoms with E-state index in [1.807, 2.05) is 30.3 Å². The van der Waals surface area contributed by atoms with Crippen molar-refractivity contribution in [2.24, 2.45) is 0 Å². The highest BCUT2D eigenvalue weighted by molar-refractivity contribution is 6.74. The Morgan fingerprint density at radius 3 is 2.47 bits per heavy atom. The fourth-order valence-electron chi connectivity index (χ4n) is 1.44. The maximum absolute atomic E-state index is 8.55. The van der Waals surface area contributed by atoms with E-state index in [1.54, 1.807) is 0 Å². The van der Waals surface area contributed by atoms with Crippen molar-refractivity contribution < 1.29 is 4.43 Å². The molecule has 0 saturated carbocycles. The molecule has 0 amide bonds. The molecular formula is C16H23NOSi. The second-order valence-corrected chi connectivity index (χ2v) is 10.9. The minimum absolute atomic E-state index is 0.183. The molecule has 0 spiro atoms. The molecule has 0 saturated heterocycles. The Morgan fingerprint density at radius 2 is 1.89 bits per heavy atom. The van der Waals surface area contributed by atoms with E-state index < -0.39 is 8.32 Å². The molecule has 0 radical (unpaired) electrons. The molecule has 0 atom stereocenters. The minimum Gasteiger partial charge on any atom is -0.543 e. The molecule has 0 N–H and O–H groups in total. The van der Waals surface area contributed by atoms with Gasteiger partial charge in [-0.25, -0.2) is 0 Å². The van der Waals surface area contributed by atoms with E-state index in [1.165, 1.54) is 6.08 Å². The first-order chi connectivity index (χ1) is 8.78. The Balaban J connectivity index is 2.96. The number of nitrogens with zero attached hydrogens (tertiary/aromatic N) is 1. The van der Waals surface area contributed by atoms with Gasteiger partial charge in [-0.3, -0.25) is 0 Å². The van der Waals surface area contributed by atoms with Crippen molar-refractivity contribution >= 4 is 8.32 Å². The first kappa shape index (κ1) is 15.5. The van der Waals surface area contributed by atoms with Gasteiger partial charge in [0, 0.05) is 6.08 Å². The van der Waals surface area contributed by atoms with Crippen molar-refractivity contribution in [1.29, 1.82) is 5.26 Å². The van der Waals surface area contributed by atoms with Gasteiger partial charge in [0.25, 0.3) is 0 Å². The van der Waals surface area contributed by atoms with Crippen molar-refractivity contribution in [3.05, 3.63) is 42.0 Å². The zero-order chi connectivity index (χ0) is 14.5. The van der Waals surface area contributed by atoms with E-state index in [9.17, 15) is 0 Å². The van der Waals surface area contributed by atoms with Gasteiger partial charge in [-0.2, -0.15) is 5.26 Å². The first-order valence-corrected chi connectivity index (χ1v) is 9.50. The lowest BCUT2D eigenvalue weighted by atomic mass is 10.1. The highest BCUT2D eigenvalue weighted by atomic mass is 28.4. The summed E-state index contributed by atoms with van der Waals surface area (Å²) < 4.78 is 6.35. The molecule has 3 heteroatoms. The summed E-state index contributed by atoms with van der Waals surface area (Å²) in [5, 5.41) is 8.73. The maximum atomic E-state index is 8.55. The topological polar surface area (TPSA) is 33.0 Å². The largest absolute Gasteiger partial charge is 0.543 e. The maximum Gasteiger partial charge on any atom is 0.250 e. The molecule has 0 aliphatic rings. The molecule has 0 aliphatic carbocycles. The zero-order valence-corrected chi connectivity index (χ0v) is 13.5. The first-order valence-electron chi connectivity index (χ1n) is 6.59. The molecule has 1 aromatic carbocycles. The van der Waals surface area contributed by atoms with Gasteiger partial charge in [-0.05, 0) is 36.2 Å². The standard InChI is InChI=1S/C16H23NOSi/c1-16(2,3)19(4,5)18-15-12-7-6-10-14(15)11-8-9-13-17/h6-10,12H,11H2,1-5H3/b9-8-. The van der Waals surface area contributed by atoms with Crippen molar-refractivity contribution in [3.63, 3.8) is 0 Å². The van der Waals surface area contributed by atoms with Crippen LogP contribution in [0.1, 0.15) is 26.3 Å². The number of rotatable bonds is 4. The quantitative estimate of drug-likeness (QED) is 0.589. The van der Waals surface area contributed by atoms with Gasteiger partial charge in [0.2, 0.25) is 8.32 Å². The summed E-state index contributed by atoms with van der Waals surface area (Å²) >= 11 is 0. The third kappa shape index (κ3) is 4.25. The van der Waals surface area contributed by atoms with Crippen LogP contribution in [0, 0.1) is 11.3 Å². The monoisotopic (exact) mass is 273 g/mol. The molecule has 0 unspecified atom stereocenters. The Kier molecular flexibility index (Phi) is 4.96. The molecular weight excluding hydrogens is 250 g/mol. The summed E-state index contributed by atoms with van der Waals surface area (Å²) in [4.78, 5) is 0. The molecule has 1 aromatic rings. The summed E-state index contributed by atoms with van der Waals surface area (Å²) in [6.45, 7) is 11.2. The number of nitriles is 1. The van der Waals surface area contributed by atoms with Crippen LogP contribution in [0.3, 0.4) is 0 Å². The highest BCUT2D eigenvalue weighted by Gasteiger charge is 2.39. The zero-order valence-electron chi connectivity index (χ0n) is 12.5. The molecule has 0 fully saturated rings. The van der Waals surface area contributed by atoms with Gasteiger partial charge in [-0.1, -0.05) is 45.0 Å². The number of allylic oxidation sites excluding steroid dienone is 2. The summed E-state index contributed by atoms with van der Waals surface area (Å²) in [7, 11) is -1.81. The average Bonchev–Trinajstić information content (AvgIpc) is 2.30. The normalized spacial score (nSPS) is 12.4. The smallest absolute Gasteiger partial charge is 0.250 e. The SMILES string of the molecule is CC(C)(C)[Si](C)(C)Oc1ccccc1C/C=C\C#N. The van der Waals surface area contributed by atoms with Crippen LogP contribution >= 0.6 is 0 Å². The average molecular weight is 273 g/mol. The number of hydrogen-bond acceptors (Lipinski definition) is 2. The van der Waals surface area contributed by atoms with Crippen molar-refractivity contribution in [3.8, 4) is 11.8 Å². The lowest BCUT2D eigenvalue weighted by molar-refractivity contribution is 0.488. The van der Waals surface area contributed by atoms with Gasteiger partial charge in [0.1, 0.15) is 5.75 Å². The summed E-state index contributed by atoms with van der Waals surface area (Å²) in [5.41, 5.74) is 1.14. The molecule has 1 rings (SSSR count). The van der Waals surface area contributed by atoms with Crippen LogP contribution in [-0.2, 0) is 6.42 Å². The van der Waals surface area contributed by atoms with E-state index in [0.717, 1.165) is 17.7 Å². The van der Waals surface area contributed by atoms with E-state index >= 15 is 0 Å². The molecule has 2 nitrogen and oxygen atoms in total. The third-order valence-electron chi connectivity index (χ3n) is 3.67. The Bertz CT molecular complexity index is 492. The van der Waals surface area contributed by atoms with Crippen LogP contribution in [0.2, 0.25) is 18.1 Å². The van der Waals surface area contributed by atoms with E-state index in [-0.39, 0.29) is 5.04 Å². The fraction of sp³-hybridized carbons (Fsp3) is 0.438. The number of hydrogen-bond donors (Lipinski definition) is 0. The van der Waals surface area contributed by atoms with E-state index in [4.69, 9.17) is 9.69 Å². The summed E-state index contributed by atoms with van der Waals surface area (Å²) in [6, 6.07) is 10.1. The van der Waals surface area contributed by atoms with Gasteiger partial charge in [-0.15, -0.1) is 0 Å². The van der Waals surface area contributed by atoms with Crippen LogP contribution in [0.25, 0.3) is 0 Å². The second-order valence-electron chi connectivity index (χ2n) is 6.21. The summed E-state index contributed by atoms with van der Waals surface area (Å²) in [6.07, 6.45) is 4.12. The van der Waals surface area contributed by atoms with Gasteiger partial charge >= 0.3 is 0 Å². The summed E-state index contributed by atoms with van der Waals surface area (Å²) in [5.74, 6) is 0.955. The van der Waals surface area contributed by atoms with Crippen LogP contribution in [0.5, 0.6) is 5.75 Å². The van der Waals surface area contributed by atoms with E-state index in [0.29, 0.717) is 0 Å². The number of para-hydroxylation sites is 1. The van der Waals surface area contributed by atoms with Crippen LogP contribution < -0.4 is 4.43 Å². The van der Waals surface area contributed by atoms with Crippen LogP contribution in [0.4, 0.5) is 0 Å². The highest BCUT2D eigenvalue weighted by Crippen LogP contribution is 2.38. The minimum atomic E-state index is -1.81. The van der Waals surface area contributed by atoms with Crippen molar-refractivity contribution in [2.75, 3.05) is 0 Å². The van der Waals surface area contributed by atoms with Crippen LogP contribution in [0.15, 0.2) is 36.4 Å². The second kappa shape index (κ2) is 6.07. The molecule has 0 bridgehead atoms. The van der Waals surface area contributed by atoms with Gasteiger partial charge < -0.3 is 4.43 Å². The van der Waals surface area contributed by atoms with Gasteiger partial charge in [0.15, 0.2) is 0 Å². The van der Waals surface area contributed by atoms with Crippen molar-refractivity contribution in [1.82, 2.24) is 0 Å². The van der Waals surface area contributed by atoms with Gasteiger partial charge in [0.05, 0.1) is 6.07 Å². The molecule has 0 heterocycles. The Labute approximate surface area is 117 Å². The number of benzene rings is 1. The van der Waals surface area contributed by atoms with E-state index in [2.05, 4.69) is 39.9 Å².